The molecule has 34 heteroatoms. The van der Waals surface area contributed by atoms with Gasteiger partial charge in [0.25, 0.3) is 0 Å². The quantitative estimate of drug-likeness (QED) is 0.00907. The van der Waals surface area contributed by atoms with Gasteiger partial charge in [-0.15, -0.1) is 0 Å². The molecule has 0 unspecified atom stereocenters. The van der Waals surface area contributed by atoms with Gasteiger partial charge in [0.2, 0.25) is 6.29 Å². The molecule has 0 N–H and O–H groups in total. The van der Waals surface area contributed by atoms with Gasteiger partial charge in [0.15, 0.2) is 18.5 Å². The molecule has 0 amide bonds. The molecule has 0 aromatic heterocycles. The number of azide groups is 1. The molecule has 0 radical (unpaired) electrons. The molecule has 0 bridgehead atoms. The largest absolute Gasteiger partial charge is 0.494 e. The summed E-state index contributed by atoms with van der Waals surface area (Å²) in [7, 11) is 0. The van der Waals surface area contributed by atoms with Crippen LogP contribution < -0.4 is 9.47 Å². The molecule has 4 aromatic rings. The van der Waals surface area contributed by atoms with E-state index < -0.39 is 160 Å². The van der Waals surface area contributed by atoms with Gasteiger partial charge in [-0.05, 0) is 52.9 Å². The van der Waals surface area contributed by atoms with Crippen LogP contribution in [0.5, 0.6) is 11.5 Å². The van der Waals surface area contributed by atoms with Crippen molar-refractivity contribution in [3.63, 3.8) is 0 Å². The predicted octanol–water partition coefficient (Wildman–Crippen LogP) is 12.6. The maximum atomic E-state index is 14.7. The van der Waals surface area contributed by atoms with Crippen molar-refractivity contribution < 1.29 is 141 Å². The molecule has 2 fully saturated rings. The summed E-state index contributed by atoms with van der Waals surface area (Å²) in [5, 5.41) is 3.75. The fourth-order valence-corrected chi connectivity index (χ4v) is 8.96. The van der Waals surface area contributed by atoms with Crippen LogP contribution in [0, 0.1) is 0 Å². The number of hydrogen-bond donors (Lipinski definition) is 0. The molecule has 2 aliphatic rings. The predicted molar refractivity (Wildman–Crippen MR) is 271 cm³/mol. The zero-order chi connectivity index (χ0) is 66.7. The first-order chi connectivity index (χ1) is 42.0. The summed E-state index contributed by atoms with van der Waals surface area (Å²) in [6.45, 7) is 0.183. The fraction of sp³-hybridized carbons (Fsp3) is 0.518. The first kappa shape index (κ1) is 71.8. The SMILES string of the molecule is CC(=O)OC[C@H]1O[C@H](OC[C@H]2O[C@@H](Oc3ccc(OCCCC(F)(F)C(F)(F)C(F)(F)C(F)(F)C(F)(F)C(F)(F)C(F)(F)C(F)(F)F)cc3)[C@H](OCc3ccccc3)[C@@H](OCc3ccccc3)[C@H]2OCc2ccccc2)[C@H](N=[N+]=[N-])[C@@H](OC(C)=O)[C@@H]1OC(C)=O. The smallest absolute Gasteiger partial charge is 0.460 e. The van der Waals surface area contributed by atoms with E-state index in [2.05, 4.69) is 10.0 Å². The number of alkyl halides is 17. The third-order valence-electron chi connectivity index (χ3n) is 13.5. The summed E-state index contributed by atoms with van der Waals surface area (Å²) < 4.78 is 302. The van der Waals surface area contributed by atoms with E-state index in [0.29, 0.717) is 16.7 Å². The first-order valence-electron chi connectivity index (χ1n) is 26.5. The van der Waals surface area contributed by atoms with Crippen LogP contribution in [-0.2, 0) is 76.8 Å². The Balaban J connectivity index is 1.30. The average molecular weight is 1320 g/mol. The molecular formula is C56H54F17N3O14. The first-order valence-corrected chi connectivity index (χ1v) is 26.5. The van der Waals surface area contributed by atoms with Gasteiger partial charge in [-0.1, -0.05) is 96.1 Å². The monoisotopic (exact) mass is 1320 g/mol. The number of halogens is 17. The molecular weight excluding hydrogens is 1260 g/mol. The minimum absolute atomic E-state index is 0.125. The highest BCUT2D eigenvalue weighted by Gasteiger charge is 2.95. The Morgan fingerprint density at radius 2 is 0.900 bits per heavy atom. The van der Waals surface area contributed by atoms with Gasteiger partial charge in [-0.3, -0.25) is 14.4 Å². The fourth-order valence-electron chi connectivity index (χ4n) is 8.96. The minimum Gasteiger partial charge on any atom is -0.494 e. The Morgan fingerprint density at radius 3 is 1.37 bits per heavy atom. The van der Waals surface area contributed by atoms with Crippen molar-refractivity contribution in [1.29, 1.82) is 0 Å². The number of carbonyl (C=O) groups is 3. The van der Waals surface area contributed by atoms with E-state index >= 15 is 0 Å². The normalized spacial score (nSPS) is 23.0. The van der Waals surface area contributed by atoms with Gasteiger partial charge in [0.05, 0.1) is 33.0 Å². The Morgan fingerprint density at radius 1 is 0.478 bits per heavy atom. The molecule has 90 heavy (non-hydrogen) atoms. The number of benzene rings is 4. The van der Waals surface area contributed by atoms with E-state index in [1.165, 1.54) is 0 Å². The van der Waals surface area contributed by atoms with Gasteiger partial charge >= 0.3 is 65.5 Å². The average Bonchev–Trinajstić information content (AvgIpc) is 0.698. The second-order valence-electron chi connectivity index (χ2n) is 20.0. The van der Waals surface area contributed by atoms with Gasteiger partial charge in [-0.2, -0.15) is 74.6 Å². The molecule has 17 nitrogen and oxygen atoms in total. The van der Waals surface area contributed by atoms with Crippen molar-refractivity contribution in [3.05, 3.63) is 142 Å². The van der Waals surface area contributed by atoms with Crippen molar-refractivity contribution in [2.45, 2.75) is 162 Å². The Labute approximate surface area is 499 Å². The lowest BCUT2D eigenvalue weighted by Crippen LogP contribution is -2.74. The topological polar surface area (TPSA) is 202 Å². The lowest BCUT2D eigenvalue weighted by Gasteiger charge is -2.47. The van der Waals surface area contributed by atoms with Crippen molar-refractivity contribution in [3.8, 4) is 11.5 Å². The number of hydrogen-bond acceptors (Lipinski definition) is 15. The van der Waals surface area contributed by atoms with Crippen molar-refractivity contribution in [2.24, 2.45) is 5.11 Å². The van der Waals surface area contributed by atoms with Crippen molar-refractivity contribution in [2.75, 3.05) is 19.8 Å². The highest BCUT2D eigenvalue weighted by Crippen LogP contribution is 2.64. The zero-order valence-corrected chi connectivity index (χ0v) is 46.9. The van der Waals surface area contributed by atoms with Gasteiger partial charge < -0.3 is 52.1 Å². The summed E-state index contributed by atoms with van der Waals surface area (Å²) in [4.78, 5) is 39.8. The van der Waals surface area contributed by atoms with Gasteiger partial charge in [0.1, 0.15) is 54.7 Å². The molecule has 0 aliphatic carbocycles. The molecule has 2 aliphatic heterocycles. The summed E-state index contributed by atoms with van der Waals surface area (Å²) in [6, 6.07) is 28.6. The second-order valence-corrected chi connectivity index (χ2v) is 20.0. The molecule has 0 saturated carbocycles. The van der Waals surface area contributed by atoms with Crippen LogP contribution >= 0.6 is 0 Å². The summed E-state index contributed by atoms with van der Waals surface area (Å²) in [5.41, 5.74) is 11.7. The van der Waals surface area contributed by atoms with Crippen molar-refractivity contribution in [1.82, 2.24) is 0 Å². The van der Waals surface area contributed by atoms with Gasteiger partial charge in [-0.25, -0.2) is 0 Å². The number of esters is 3. The summed E-state index contributed by atoms with van der Waals surface area (Å²) >= 11 is 0. The molecule has 0 spiro atoms. The van der Waals surface area contributed by atoms with Gasteiger partial charge in [0, 0.05) is 32.1 Å². The van der Waals surface area contributed by atoms with Crippen LogP contribution in [0.25, 0.3) is 10.4 Å². The van der Waals surface area contributed by atoms with Crippen LogP contribution in [0.4, 0.5) is 74.6 Å². The number of rotatable bonds is 30. The van der Waals surface area contributed by atoms with E-state index in [-0.39, 0.29) is 31.3 Å². The minimum atomic E-state index is -8.75. The third-order valence-corrected chi connectivity index (χ3v) is 13.5. The Hall–Kier alpha value is -7.23. The van der Waals surface area contributed by atoms with Crippen molar-refractivity contribution >= 4 is 17.9 Å². The zero-order valence-electron chi connectivity index (χ0n) is 46.9. The maximum Gasteiger partial charge on any atom is 0.460 e. The molecule has 496 valence electrons. The second kappa shape index (κ2) is 29.4. The van der Waals surface area contributed by atoms with E-state index in [1.54, 1.807) is 91.0 Å². The number of nitrogens with zero attached hydrogens (tertiary/aromatic N) is 3. The Bertz CT molecular complexity index is 3030. The molecule has 10 atom stereocenters. The standard InChI is InChI=1S/C56H54F17N3O14/c1-31(77)81-29-40-43(86-32(2)78)44(87-33(3)79)41(75-76-74)47(89-40)85-30-39-42(82-26-34-14-7-4-8-15-34)45(83-27-35-16-9-5-10-17-35)46(84-28-36-18-11-6-12-19-36)48(90-39)88-38-22-20-37(21-23-38)80-25-13-24-49(57,58)50(59,60)51(61,62)52(63,64)53(65,66)54(67,68)55(69,70)56(71,72)73/h4-12,14-23,39-48H,13,24-30H2,1-3H3/t39-,40-,41-,42+,43-,44-,45+,46-,47+,48-/m1/s1. The van der Waals surface area contributed by atoms with Crippen LogP contribution in [0.3, 0.4) is 0 Å². The lowest BCUT2D eigenvalue weighted by atomic mass is 9.88. The highest BCUT2D eigenvalue weighted by atomic mass is 19.4. The van der Waals surface area contributed by atoms with E-state index in [9.17, 15) is 94.6 Å². The van der Waals surface area contributed by atoms with Crippen LogP contribution in [-0.4, -0.2) is 147 Å². The number of ether oxygens (including phenoxy) is 11. The van der Waals surface area contributed by atoms with Crippen LogP contribution in [0.2, 0.25) is 0 Å². The molecule has 4 aromatic carbocycles. The van der Waals surface area contributed by atoms with E-state index in [4.69, 9.17) is 52.1 Å². The molecule has 2 saturated heterocycles. The van der Waals surface area contributed by atoms with E-state index in [1.807, 2.05) is 0 Å². The third kappa shape index (κ3) is 16.3. The molecule has 6 rings (SSSR count). The maximum absolute atomic E-state index is 14.7. The van der Waals surface area contributed by atoms with Crippen LogP contribution in [0.15, 0.2) is 120 Å². The summed E-state index contributed by atoms with van der Waals surface area (Å²) in [6.07, 6.45) is -25.4. The summed E-state index contributed by atoms with van der Waals surface area (Å²) in [5.74, 6) is -60.5. The van der Waals surface area contributed by atoms with E-state index in [0.717, 1.165) is 45.0 Å². The molecule has 2 heterocycles. The number of carbonyl (C=O) groups excluding carboxylic acids is 3. The highest BCUT2D eigenvalue weighted by molar-refractivity contribution is 5.68. The van der Waals surface area contributed by atoms with Crippen LogP contribution in [0.1, 0.15) is 50.3 Å². The lowest BCUT2D eigenvalue weighted by molar-refractivity contribution is -0.461. The Kier molecular flexibility index (Phi) is 23.4.